The van der Waals surface area contributed by atoms with Crippen molar-refractivity contribution < 1.29 is 28.6 Å². The third-order valence-electron chi connectivity index (χ3n) is 9.78. The molecule has 0 aliphatic heterocycles. The fourth-order valence-electron chi connectivity index (χ4n) is 7.48. The number of allylic oxidation sites excluding steroid dienone is 4. The smallest absolute Gasteiger partial charge is 0.390 e. The van der Waals surface area contributed by atoms with Crippen LogP contribution < -0.4 is 0 Å². The highest BCUT2D eigenvalue weighted by atomic mass is 19.1. The molecular weight excluding hydrogens is 413 g/mol. The van der Waals surface area contributed by atoms with E-state index in [-0.39, 0.29) is 24.0 Å². The van der Waals surface area contributed by atoms with Gasteiger partial charge in [0, 0.05) is 25.4 Å². The molecule has 4 rings (SSSR count). The van der Waals surface area contributed by atoms with Crippen LogP contribution in [0.25, 0.3) is 0 Å². The lowest BCUT2D eigenvalue weighted by molar-refractivity contribution is -0.209. The van der Waals surface area contributed by atoms with Crippen molar-refractivity contribution in [1.82, 2.24) is 4.90 Å². The Morgan fingerprint density at radius 2 is 1.88 bits per heavy atom. The molecule has 0 bridgehead atoms. The normalized spacial score (nSPS) is 47.1. The number of halogens is 1. The van der Waals surface area contributed by atoms with Gasteiger partial charge in [-0.15, -0.1) is 0 Å². The first-order chi connectivity index (χ1) is 14.7. The van der Waals surface area contributed by atoms with Crippen LogP contribution >= 0.6 is 0 Å². The van der Waals surface area contributed by atoms with Crippen molar-refractivity contribution in [1.29, 1.82) is 0 Å². The van der Waals surface area contributed by atoms with Crippen LogP contribution in [0.15, 0.2) is 23.8 Å². The highest BCUT2D eigenvalue weighted by Crippen LogP contribution is 2.73. The number of carbonyl (C=O) groups is 3. The second kappa shape index (κ2) is 6.99. The van der Waals surface area contributed by atoms with Gasteiger partial charge in [-0.1, -0.05) is 25.5 Å². The van der Waals surface area contributed by atoms with Gasteiger partial charge in [0.2, 0.25) is 0 Å². The van der Waals surface area contributed by atoms with Crippen LogP contribution in [0.1, 0.15) is 53.4 Å². The fourth-order valence-corrected chi connectivity index (χ4v) is 7.48. The second-order valence-corrected chi connectivity index (χ2v) is 11.2. The Balaban J connectivity index is 1.76. The van der Waals surface area contributed by atoms with Crippen molar-refractivity contribution in [2.24, 2.45) is 34.0 Å². The number of fused-ring (bicyclic) bond motifs is 5. The molecule has 4 aliphatic carbocycles. The first-order valence-corrected chi connectivity index (χ1v) is 11.5. The Kier molecular flexibility index (Phi) is 5.06. The van der Waals surface area contributed by atoms with Crippen LogP contribution in [-0.2, 0) is 14.3 Å². The lowest BCUT2D eigenvalue weighted by Crippen LogP contribution is -2.67. The SMILES string of the molecule is C[C@@H]1CC2C3CCC4=CC(=O)C=C[C@]4(C)[C@@]3(F)[C@@H](O)C[C@]2(C)[C@@]1(C)C(=O)OC(=O)N(C)C. The highest BCUT2D eigenvalue weighted by Gasteiger charge is 2.75. The molecule has 1 N–H and O–H groups in total. The lowest BCUT2D eigenvalue weighted by Gasteiger charge is -2.62. The molecular formula is C25H34FNO5. The van der Waals surface area contributed by atoms with Crippen molar-refractivity contribution in [3.63, 3.8) is 0 Å². The van der Waals surface area contributed by atoms with Crippen LogP contribution in [0.4, 0.5) is 9.18 Å². The summed E-state index contributed by atoms with van der Waals surface area (Å²) in [6.45, 7) is 7.48. The van der Waals surface area contributed by atoms with Crippen molar-refractivity contribution >= 4 is 17.8 Å². The molecule has 2 unspecified atom stereocenters. The lowest BCUT2D eigenvalue weighted by atomic mass is 9.43. The standard InChI is InChI=1S/C25H34FNO5/c1-14-11-18-17-8-7-15-12-16(28)9-10-22(15,2)25(17,26)19(29)13-23(18,3)24(14,4)20(30)32-21(31)27(5)6/h9-10,12,14,17-19,29H,7-8,11,13H2,1-6H3/t14-,17?,18?,19+,22+,23+,24-,25+/m1/s1. The van der Waals surface area contributed by atoms with E-state index in [1.165, 1.54) is 31.1 Å². The van der Waals surface area contributed by atoms with Crippen molar-refractivity contribution in [2.75, 3.05) is 14.1 Å². The number of esters is 1. The van der Waals surface area contributed by atoms with Gasteiger partial charge < -0.3 is 14.7 Å². The average Bonchev–Trinajstić information content (AvgIpc) is 2.91. The number of ketones is 1. The van der Waals surface area contributed by atoms with E-state index in [9.17, 15) is 19.5 Å². The predicted molar refractivity (Wildman–Crippen MR) is 116 cm³/mol. The number of aliphatic hydroxyl groups is 1. The van der Waals surface area contributed by atoms with Crippen LogP contribution in [0.3, 0.4) is 0 Å². The van der Waals surface area contributed by atoms with E-state index >= 15 is 4.39 Å². The van der Waals surface area contributed by atoms with Gasteiger partial charge >= 0.3 is 12.1 Å². The number of aliphatic hydroxyl groups excluding tert-OH is 1. The van der Waals surface area contributed by atoms with E-state index in [4.69, 9.17) is 4.74 Å². The zero-order valence-corrected chi connectivity index (χ0v) is 19.8. The molecule has 0 spiro atoms. The summed E-state index contributed by atoms with van der Waals surface area (Å²) < 4.78 is 22.3. The molecule has 0 aromatic rings. The van der Waals surface area contributed by atoms with Crippen molar-refractivity contribution in [2.45, 2.75) is 65.2 Å². The zero-order valence-electron chi connectivity index (χ0n) is 19.8. The molecule has 3 saturated carbocycles. The summed E-state index contributed by atoms with van der Waals surface area (Å²) >= 11 is 0. The molecule has 1 amide bonds. The van der Waals surface area contributed by atoms with Gasteiger partial charge in [-0.05, 0) is 68.9 Å². The molecule has 0 aromatic heterocycles. The van der Waals surface area contributed by atoms with Crippen LogP contribution in [0, 0.1) is 34.0 Å². The van der Waals surface area contributed by atoms with E-state index in [1.807, 2.05) is 13.8 Å². The molecule has 0 heterocycles. The topological polar surface area (TPSA) is 83.9 Å². The second-order valence-electron chi connectivity index (χ2n) is 11.2. The highest BCUT2D eigenvalue weighted by molar-refractivity contribution is 6.01. The minimum Gasteiger partial charge on any atom is -0.390 e. The first kappa shape index (κ1) is 23.1. The molecule has 6 nitrogen and oxygen atoms in total. The van der Waals surface area contributed by atoms with Crippen LogP contribution in [-0.4, -0.2) is 53.7 Å². The molecule has 176 valence electrons. The number of ether oxygens (including phenoxy) is 1. The Labute approximate surface area is 188 Å². The summed E-state index contributed by atoms with van der Waals surface area (Å²) in [5.74, 6) is -1.55. The number of carbonyl (C=O) groups excluding carboxylic acids is 3. The molecule has 0 radical (unpaired) electrons. The van der Waals surface area contributed by atoms with Gasteiger partial charge in [-0.2, -0.15) is 0 Å². The number of nitrogens with zero attached hydrogens (tertiary/aromatic N) is 1. The Morgan fingerprint density at radius 3 is 2.50 bits per heavy atom. The van der Waals surface area contributed by atoms with Gasteiger partial charge in [-0.25, -0.2) is 9.18 Å². The van der Waals surface area contributed by atoms with E-state index in [0.717, 1.165) is 5.57 Å². The average molecular weight is 448 g/mol. The monoisotopic (exact) mass is 447 g/mol. The maximum Gasteiger partial charge on any atom is 0.417 e. The summed E-state index contributed by atoms with van der Waals surface area (Å²) in [5.41, 5.74) is -4.04. The molecule has 4 aliphatic rings. The van der Waals surface area contributed by atoms with Crippen LogP contribution in [0.5, 0.6) is 0 Å². The molecule has 7 heteroatoms. The number of alkyl halides is 1. The van der Waals surface area contributed by atoms with Gasteiger partial charge in [0.25, 0.3) is 0 Å². The van der Waals surface area contributed by atoms with Gasteiger partial charge in [0.15, 0.2) is 11.5 Å². The summed E-state index contributed by atoms with van der Waals surface area (Å²) in [6, 6.07) is 0. The Morgan fingerprint density at radius 1 is 1.22 bits per heavy atom. The molecule has 8 atom stereocenters. The molecule has 3 fully saturated rings. The summed E-state index contributed by atoms with van der Waals surface area (Å²) in [7, 11) is 3.03. The van der Waals surface area contributed by atoms with Gasteiger partial charge in [-0.3, -0.25) is 9.59 Å². The molecule has 0 saturated heterocycles. The number of hydrogen-bond acceptors (Lipinski definition) is 5. The Hall–Kier alpha value is -2.02. The molecule has 0 aromatic carbocycles. The maximum atomic E-state index is 17.1. The first-order valence-electron chi connectivity index (χ1n) is 11.5. The minimum atomic E-state index is -1.94. The number of hydrogen-bond donors (Lipinski definition) is 1. The zero-order chi connectivity index (χ0) is 23.9. The quantitative estimate of drug-likeness (QED) is 0.488. The molecule has 32 heavy (non-hydrogen) atoms. The van der Waals surface area contributed by atoms with Gasteiger partial charge in [0.1, 0.15) is 0 Å². The predicted octanol–water partition coefficient (Wildman–Crippen LogP) is 3.83. The van der Waals surface area contributed by atoms with Crippen molar-refractivity contribution in [3.8, 4) is 0 Å². The summed E-state index contributed by atoms with van der Waals surface area (Å²) in [6.07, 6.45) is 4.28. The van der Waals surface area contributed by atoms with Crippen LogP contribution in [0.2, 0.25) is 0 Å². The van der Waals surface area contributed by atoms with Crippen molar-refractivity contribution in [3.05, 3.63) is 23.8 Å². The minimum absolute atomic E-state index is 0.0847. The summed E-state index contributed by atoms with van der Waals surface area (Å²) in [4.78, 5) is 38.6. The Bertz CT molecular complexity index is 943. The van der Waals surface area contributed by atoms with E-state index in [2.05, 4.69) is 0 Å². The third-order valence-corrected chi connectivity index (χ3v) is 9.78. The van der Waals surface area contributed by atoms with Gasteiger partial charge in [0.05, 0.1) is 11.5 Å². The number of amides is 1. The maximum absolute atomic E-state index is 17.1. The largest absolute Gasteiger partial charge is 0.417 e. The third kappa shape index (κ3) is 2.63. The summed E-state index contributed by atoms with van der Waals surface area (Å²) in [5, 5.41) is 11.4. The van der Waals surface area contributed by atoms with E-state index in [0.29, 0.717) is 19.3 Å². The van der Waals surface area contributed by atoms with E-state index in [1.54, 1.807) is 19.9 Å². The number of rotatable bonds is 1. The van der Waals surface area contributed by atoms with E-state index < -0.39 is 46.0 Å². The fraction of sp³-hybridized carbons (Fsp3) is 0.720.